The quantitative estimate of drug-likeness (QED) is 0.403. The summed E-state index contributed by atoms with van der Waals surface area (Å²) in [5, 5.41) is 19.8. The number of aryl methyl sites for hydroxylation is 1. The van der Waals surface area contributed by atoms with Crippen molar-refractivity contribution in [3.8, 4) is 0 Å². The first-order valence-corrected chi connectivity index (χ1v) is 11.5. The average molecular weight is 494 g/mol. The van der Waals surface area contributed by atoms with Gasteiger partial charge in [-0.15, -0.1) is 0 Å². The zero-order valence-electron chi connectivity index (χ0n) is 18.8. The van der Waals surface area contributed by atoms with E-state index in [-0.39, 0.29) is 35.4 Å². The third kappa shape index (κ3) is 2.66. The van der Waals surface area contributed by atoms with E-state index in [0.717, 1.165) is 5.56 Å². The molecule has 1 aromatic heterocycles. The minimum atomic E-state index is -1.63. The van der Waals surface area contributed by atoms with Crippen LogP contribution in [0.2, 0.25) is 5.02 Å². The normalized spacial score (nSPS) is 25.6. The molecule has 2 fully saturated rings. The molecule has 2 amide bonds. The summed E-state index contributed by atoms with van der Waals surface area (Å²) in [5.41, 5.74) is 0.0610. The number of halogens is 1. The van der Waals surface area contributed by atoms with Crippen molar-refractivity contribution < 1.29 is 19.0 Å². The van der Waals surface area contributed by atoms with E-state index in [1.54, 1.807) is 25.2 Å². The van der Waals surface area contributed by atoms with Crippen LogP contribution in [0.5, 0.6) is 0 Å². The zero-order valence-corrected chi connectivity index (χ0v) is 19.6. The lowest BCUT2D eigenvalue weighted by molar-refractivity contribution is -0.386. The van der Waals surface area contributed by atoms with Crippen LogP contribution in [0.1, 0.15) is 41.0 Å². The first-order valence-electron chi connectivity index (χ1n) is 11.1. The molecule has 1 spiro atoms. The van der Waals surface area contributed by atoms with Gasteiger partial charge in [0, 0.05) is 36.3 Å². The topological polar surface area (TPSA) is 113 Å². The summed E-state index contributed by atoms with van der Waals surface area (Å²) in [6.07, 6.45) is 0.211. The molecule has 3 aromatic rings. The van der Waals surface area contributed by atoms with Gasteiger partial charge in [0.25, 0.3) is 5.91 Å². The molecule has 3 unspecified atom stereocenters. The van der Waals surface area contributed by atoms with Gasteiger partial charge >= 0.3 is 5.69 Å². The Balaban J connectivity index is 1.74. The van der Waals surface area contributed by atoms with E-state index >= 15 is 0 Å². The number of fused-ring (bicyclic) bond motifs is 4. The van der Waals surface area contributed by atoms with Crippen LogP contribution in [0.25, 0.3) is 0 Å². The van der Waals surface area contributed by atoms with E-state index in [1.807, 2.05) is 35.3 Å². The van der Waals surface area contributed by atoms with Gasteiger partial charge in [-0.05, 0) is 30.7 Å². The van der Waals surface area contributed by atoms with Crippen LogP contribution in [-0.4, -0.2) is 45.5 Å². The van der Waals surface area contributed by atoms with Crippen LogP contribution in [0.3, 0.4) is 0 Å². The fourth-order valence-corrected chi connectivity index (χ4v) is 6.17. The fraction of sp³-hybridized carbons (Fsp3) is 0.292. The van der Waals surface area contributed by atoms with Gasteiger partial charge in [0.15, 0.2) is 11.2 Å². The van der Waals surface area contributed by atoms with Gasteiger partial charge in [0.1, 0.15) is 0 Å². The highest BCUT2D eigenvalue weighted by Gasteiger charge is 2.72. The van der Waals surface area contributed by atoms with Crippen LogP contribution in [0.4, 0.5) is 11.4 Å². The summed E-state index contributed by atoms with van der Waals surface area (Å²) in [4.78, 5) is 40.8. The van der Waals surface area contributed by atoms with Crippen molar-refractivity contribution in [3.63, 3.8) is 0 Å². The summed E-state index contributed by atoms with van der Waals surface area (Å²) in [6, 6.07) is 13.8. The molecular weight excluding hydrogens is 474 g/mol. The fourth-order valence-electron chi connectivity index (χ4n) is 6.00. The predicted octanol–water partition coefficient (Wildman–Crippen LogP) is 3.70. The number of nitro groups is 1. The van der Waals surface area contributed by atoms with Crippen molar-refractivity contribution in [2.75, 3.05) is 18.5 Å². The highest BCUT2D eigenvalue weighted by molar-refractivity contribution is 6.31. The third-order valence-electron chi connectivity index (χ3n) is 7.29. The Bertz CT molecular complexity index is 1410. The highest BCUT2D eigenvalue weighted by Crippen LogP contribution is 2.64. The van der Waals surface area contributed by atoms with Crippen molar-refractivity contribution in [2.24, 2.45) is 0 Å². The number of benzene rings is 2. The van der Waals surface area contributed by atoms with Gasteiger partial charge in [-0.2, -0.15) is 0 Å². The number of carbonyl (C=O) groups is 2. The van der Waals surface area contributed by atoms with E-state index in [9.17, 15) is 19.7 Å². The lowest BCUT2D eigenvalue weighted by Crippen LogP contribution is -2.54. The maximum atomic E-state index is 14.3. The molecule has 0 radical (unpaired) electrons. The largest absolute Gasteiger partial charge is 0.353 e. The predicted molar refractivity (Wildman–Crippen MR) is 125 cm³/mol. The van der Waals surface area contributed by atoms with Gasteiger partial charge in [-0.25, -0.2) is 5.01 Å². The van der Waals surface area contributed by atoms with Crippen LogP contribution < -0.4 is 4.90 Å². The number of rotatable bonds is 3. The van der Waals surface area contributed by atoms with E-state index in [0.29, 0.717) is 22.8 Å². The molecule has 10 nitrogen and oxygen atoms in total. The van der Waals surface area contributed by atoms with Crippen molar-refractivity contribution in [1.29, 1.82) is 0 Å². The second-order valence-electron chi connectivity index (χ2n) is 8.98. The number of nitrogens with zero attached hydrogens (tertiary/aromatic N) is 5. The van der Waals surface area contributed by atoms with E-state index in [1.165, 1.54) is 16.8 Å². The van der Waals surface area contributed by atoms with Crippen LogP contribution in [-0.2, 0) is 15.1 Å². The molecule has 3 atom stereocenters. The number of anilines is 1. The molecule has 6 rings (SSSR count). The van der Waals surface area contributed by atoms with Gasteiger partial charge < -0.3 is 9.42 Å². The monoisotopic (exact) mass is 493 g/mol. The Hall–Kier alpha value is -3.76. The Labute approximate surface area is 204 Å². The summed E-state index contributed by atoms with van der Waals surface area (Å²) in [7, 11) is 1.63. The lowest BCUT2D eigenvalue weighted by atomic mass is 9.72. The molecule has 3 aliphatic rings. The Morgan fingerprint density at radius 1 is 1.20 bits per heavy atom. The number of hydrogen-bond donors (Lipinski definition) is 0. The third-order valence-corrected chi connectivity index (χ3v) is 7.53. The maximum absolute atomic E-state index is 14.3. The number of amides is 2. The molecule has 35 heavy (non-hydrogen) atoms. The van der Waals surface area contributed by atoms with Gasteiger partial charge in [-0.1, -0.05) is 47.1 Å². The molecule has 2 saturated heterocycles. The summed E-state index contributed by atoms with van der Waals surface area (Å²) in [6.45, 7) is 1.84. The number of hydrogen-bond acceptors (Lipinski definition) is 7. The smallest absolute Gasteiger partial charge is 0.334 e. The molecule has 0 N–H and O–H groups in total. The van der Waals surface area contributed by atoms with Crippen molar-refractivity contribution in [1.82, 2.24) is 15.2 Å². The summed E-state index contributed by atoms with van der Waals surface area (Å²) in [5.74, 6) is -1.63. The minimum absolute atomic E-state index is 0.0434. The minimum Gasteiger partial charge on any atom is -0.353 e. The van der Waals surface area contributed by atoms with Gasteiger partial charge in [0.2, 0.25) is 11.7 Å². The van der Waals surface area contributed by atoms with E-state index in [2.05, 4.69) is 5.16 Å². The average Bonchev–Trinajstić information content (AvgIpc) is 3.54. The maximum Gasteiger partial charge on any atom is 0.334 e. The molecule has 0 bridgehead atoms. The molecule has 4 heterocycles. The molecule has 3 aliphatic heterocycles. The zero-order chi connectivity index (χ0) is 24.6. The SMILES string of the molecule is Cc1noc(C2C(c3ccccc3)N3CCC(=O)N3C23C(=O)N(C)c2ccc(Cl)cc23)c1[N+](=O)[O-]. The van der Waals surface area contributed by atoms with Gasteiger partial charge in [-0.3, -0.25) is 24.7 Å². The summed E-state index contributed by atoms with van der Waals surface area (Å²) < 4.78 is 5.65. The van der Waals surface area contributed by atoms with Gasteiger partial charge in [0.05, 0.1) is 16.9 Å². The van der Waals surface area contributed by atoms with Crippen molar-refractivity contribution in [3.05, 3.63) is 86.2 Å². The second kappa shape index (κ2) is 7.37. The van der Waals surface area contributed by atoms with Crippen molar-refractivity contribution in [2.45, 2.75) is 30.8 Å². The Morgan fingerprint density at radius 2 is 1.94 bits per heavy atom. The first kappa shape index (κ1) is 21.8. The number of likely N-dealkylation sites (N-methyl/N-ethyl adjacent to an activating group) is 1. The summed E-state index contributed by atoms with van der Waals surface area (Å²) >= 11 is 6.40. The lowest BCUT2D eigenvalue weighted by Gasteiger charge is -2.35. The first-order chi connectivity index (χ1) is 16.8. The van der Waals surface area contributed by atoms with Crippen LogP contribution in [0.15, 0.2) is 53.1 Å². The van der Waals surface area contributed by atoms with E-state index in [4.69, 9.17) is 16.1 Å². The molecule has 178 valence electrons. The van der Waals surface area contributed by atoms with Crippen molar-refractivity contribution >= 4 is 34.8 Å². The molecule has 0 saturated carbocycles. The van der Waals surface area contributed by atoms with Crippen LogP contribution in [0, 0.1) is 17.0 Å². The highest BCUT2D eigenvalue weighted by atomic mass is 35.5. The standard InChI is InChI=1S/C24H20ClN5O5/c1-13-20(30(33)34)22(35-26-13)19-21(14-6-4-3-5-7-14)28-11-10-18(31)29(28)24(19)16-12-15(25)8-9-17(16)27(2)23(24)32/h3-9,12,19,21H,10-11H2,1-2H3. The Kier molecular flexibility index (Phi) is 4.58. The number of aromatic nitrogens is 1. The molecular formula is C24H20ClN5O5. The molecule has 2 aromatic carbocycles. The number of carbonyl (C=O) groups excluding carboxylic acids is 2. The second-order valence-corrected chi connectivity index (χ2v) is 9.42. The molecule has 11 heteroatoms. The Morgan fingerprint density at radius 3 is 2.66 bits per heavy atom. The van der Waals surface area contributed by atoms with E-state index < -0.39 is 22.4 Å². The number of hydrazine groups is 1. The molecule has 0 aliphatic carbocycles. The van der Waals surface area contributed by atoms with Crippen LogP contribution >= 0.6 is 11.6 Å².